The van der Waals surface area contributed by atoms with E-state index in [1.54, 1.807) is 0 Å². The molecule has 0 bridgehead atoms. The Balaban J connectivity index is 1.59. The lowest BCUT2D eigenvalue weighted by molar-refractivity contribution is -0.114. The van der Waals surface area contributed by atoms with E-state index < -0.39 is 0 Å². The zero-order chi connectivity index (χ0) is 18.8. The van der Waals surface area contributed by atoms with E-state index in [1.165, 1.54) is 12.5 Å². The lowest BCUT2D eigenvalue weighted by atomic mass is 10.0. The lowest BCUT2D eigenvalue weighted by Gasteiger charge is -2.08. The average molecular weight is 356 g/mol. The van der Waals surface area contributed by atoms with E-state index >= 15 is 0 Å². The maximum atomic E-state index is 11.1. The predicted molar refractivity (Wildman–Crippen MR) is 110 cm³/mol. The molecule has 4 rings (SSSR count). The van der Waals surface area contributed by atoms with Crippen LogP contribution in [-0.4, -0.2) is 15.9 Å². The zero-order valence-electron chi connectivity index (χ0n) is 15.1. The minimum Gasteiger partial charge on any atom is -0.382 e. The molecule has 2 aromatic carbocycles. The van der Waals surface area contributed by atoms with Gasteiger partial charge >= 0.3 is 0 Å². The van der Waals surface area contributed by atoms with Crippen LogP contribution in [0.3, 0.4) is 0 Å². The number of nitrogens with one attached hydrogen (secondary N) is 1. The zero-order valence-corrected chi connectivity index (χ0v) is 15.1. The first-order valence-electron chi connectivity index (χ1n) is 8.89. The summed E-state index contributed by atoms with van der Waals surface area (Å²) in [5.41, 5.74) is 10.9. The first-order chi connectivity index (χ1) is 13.1. The highest BCUT2D eigenvalue weighted by Crippen LogP contribution is 2.27. The number of fused-ring (bicyclic) bond motifs is 3. The number of hydrogen-bond donors (Lipinski definition) is 2. The minimum atomic E-state index is -0.0639. The van der Waals surface area contributed by atoms with Crippen molar-refractivity contribution in [1.82, 2.24) is 9.97 Å². The van der Waals surface area contributed by atoms with Crippen LogP contribution in [0.4, 0.5) is 11.5 Å². The number of nitrogens with two attached hydrogens (primary N) is 1. The predicted octanol–water partition coefficient (Wildman–Crippen LogP) is 4.11. The van der Waals surface area contributed by atoms with Crippen LogP contribution < -0.4 is 11.1 Å². The van der Waals surface area contributed by atoms with Crippen molar-refractivity contribution in [3.63, 3.8) is 0 Å². The number of amides is 1. The Morgan fingerprint density at radius 2 is 1.74 bits per heavy atom. The lowest BCUT2D eigenvalue weighted by Crippen LogP contribution is -2.05. The Bertz CT molecular complexity index is 1140. The van der Waals surface area contributed by atoms with E-state index in [0.29, 0.717) is 5.82 Å². The van der Waals surface area contributed by atoms with Gasteiger partial charge in [0.05, 0.1) is 5.52 Å². The highest BCUT2D eigenvalue weighted by molar-refractivity contribution is 6.08. The highest BCUT2D eigenvalue weighted by Gasteiger charge is 2.08. The summed E-state index contributed by atoms with van der Waals surface area (Å²) in [5, 5.41) is 4.89. The highest BCUT2D eigenvalue weighted by atomic mass is 16.1. The molecule has 0 radical (unpaired) electrons. The second-order valence-corrected chi connectivity index (χ2v) is 6.63. The van der Waals surface area contributed by atoms with Crippen LogP contribution in [-0.2, 0) is 17.6 Å². The number of nitrogens with zero attached hydrogens (tertiary/aromatic N) is 2. The number of pyridine rings is 2. The molecule has 0 aliphatic rings. The van der Waals surface area contributed by atoms with Gasteiger partial charge in [-0.25, -0.2) is 4.98 Å². The van der Waals surface area contributed by atoms with Gasteiger partial charge in [0, 0.05) is 29.6 Å². The molecule has 2 aromatic heterocycles. The molecular weight excluding hydrogens is 336 g/mol. The molecule has 0 fully saturated rings. The normalized spacial score (nSPS) is 11.0. The molecule has 5 heteroatoms. The van der Waals surface area contributed by atoms with Crippen molar-refractivity contribution >= 4 is 39.2 Å². The fourth-order valence-electron chi connectivity index (χ4n) is 3.28. The second kappa shape index (κ2) is 7.03. The molecule has 1 amide bonds. The van der Waals surface area contributed by atoms with Crippen LogP contribution >= 0.6 is 0 Å². The molecule has 3 N–H and O–H groups in total. The van der Waals surface area contributed by atoms with Crippen molar-refractivity contribution in [1.29, 1.82) is 0 Å². The number of aromatic nitrogens is 2. The van der Waals surface area contributed by atoms with Gasteiger partial charge in [-0.15, -0.1) is 0 Å². The van der Waals surface area contributed by atoms with Crippen LogP contribution in [0.1, 0.15) is 18.1 Å². The summed E-state index contributed by atoms with van der Waals surface area (Å²) in [5.74, 6) is 0.398. The van der Waals surface area contributed by atoms with Crippen molar-refractivity contribution in [2.75, 3.05) is 11.1 Å². The number of benzene rings is 2. The molecule has 0 aliphatic heterocycles. The maximum Gasteiger partial charge on any atom is 0.221 e. The summed E-state index contributed by atoms with van der Waals surface area (Å²) in [6.45, 7) is 1.51. The Kier molecular flexibility index (Phi) is 4.42. The van der Waals surface area contributed by atoms with E-state index in [4.69, 9.17) is 5.73 Å². The monoisotopic (exact) mass is 356 g/mol. The Labute approximate surface area is 157 Å². The van der Waals surface area contributed by atoms with Gasteiger partial charge in [0.25, 0.3) is 0 Å². The first-order valence-corrected chi connectivity index (χ1v) is 8.89. The van der Waals surface area contributed by atoms with Gasteiger partial charge in [0.2, 0.25) is 5.91 Å². The molecule has 0 unspecified atom stereocenters. The number of nitrogen functional groups attached to an aromatic ring is 1. The Morgan fingerprint density at radius 1 is 1.00 bits per heavy atom. The summed E-state index contributed by atoms with van der Waals surface area (Å²) in [4.78, 5) is 20.1. The number of carbonyl (C=O) groups is 1. The van der Waals surface area contributed by atoms with Gasteiger partial charge < -0.3 is 11.1 Å². The quantitative estimate of drug-likeness (QED) is 0.539. The molecule has 5 nitrogen and oxygen atoms in total. The molecule has 0 spiro atoms. The Morgan fingerprint density at radius 3 is 2.52 bits per heavy atom. The van der Waals surface area contributed by atoms with E-state index in [9.17, 15) is 4.79 Å². The summed E-state index contributed by atoms with van der Waals surface area (Å²) in [6, 6.07) is 18.1. The molecular formula is C22H20N4O. The van der Waals surface area contributed by atoms with Gasteiger partial charge in [-0.05, 0) is 48.2 Å². The number of hydrogen-bond acceptors (Lipinski definition) is 4. The van der Waals surface area contributed by atoms with Gasteiger partial charge in [-0.2, -0.15) is 0 Å². The fraction of sp³-hybridized carbons (Fsp3) is 0.136. The van der Waals surface area contributed by atoms with Gasteiger partial charge in [0.1, 0.15) is 5.52 Å². The van der Waals surface area contributed by atoms with E-state index in [2.05, 4.69) is 27.4 Å². The number of aryl methyl sites for hydroxylation is 2. The van der Waals surface area contributed by atoms with Crippen molar-refractivity contribution in [3.05, 3.63) is 71.9 Å². The maximum absolute atomic E-state index is 11.1. The fourth-order valence-corrected chi connectivity index (χ4v) is 3.28. The van der Waals surface area contributed by atoms with Crippen LogP contribution in [0.25, 0.3) is 21.8 Å². The molecule has 0 saturated heterocycles. The molecule has 2 heterocycles. The summed E-state index contributed by atoms with van der Waals surface area (Å²) in [7, 11) is 0. The number of rotatable bonds is 4. The number of para-hydroxylation sites is 1. The topological polar surface area (TPSA) is 80.9 Å². The van der Waals surface area contributed by atoms with Crippen LogP contribution in [0.15, 0.2) is 60.8 Å². The standard InChI is InChI=1S/C22H20N4O/c1-14(27)25-17-10-8-15(9-11-17)6-7-16-12-19-18-4-2-3-5-20(18)26-22(23)21(19)24-13-16/h2-5,8-13H,6-7H2,1H3,(H2,23,26)(H,25,27). The third kappa shape index (κ3) is 3.58. The van der Waals surface area contributed by atoms with Crippen molar-refractivity contribution < 1.29 is 4.79 Å². The molecule has 134 valence electrons. The summed E-state index contributed by atoms with van der Waals surface area (Å²) in [6.07, 6.45) is 3.64. The summed E-state index contributed by atoms with van der Waals surface area (Å²) >= 11 is 0. The molecule has 0 aliphatic carbocycles. The molecule has 4 aromatic rings. The average Bonchev–Trinajstić information content (AvgIpc) is 2.67. The molecule has 27 heavy (non-hydrogen) atoms. The number of anilines is 2. The third-order valence-electron chi connectivity index (χ3n) is 4.60. The largest absolute Gasteiger partial charge is 0.382 e. The van der Waals surface area contributed by atoms with Crippen LogP contribution in [0.5, 0.6) is 0 Å². The van der Waals surface area contributed by atoms with Crippen molar-refractivity contribution in [2.45, 2.75) is 19.8 Å². The minimum absolute atomic E-state index is 0.0639. The second-order valence-electron chi connectivity index (χ2n) is 6.63. The third-order valence-corrected chi connectivity index (χ3v) is 4.60. The van der Waals surface area contributed by atoms with E-state index in [-0.39, 0.29) is 5.91 Å². The smallest absolute Gasteiger partial charge is 0.221 e. The first kappa shape index (κ1) is 17.0. The SMILES string of the molecule is CC(=O)Nc1ccc(CCc2cnc3c(N)nc4ccccc4c3c2)cc1. The summed E-state index contributed by atoms with van der Waals surface area (Å²) < 4.78 is 0. The van der Waals surface area contributed by atoms with Crippen molar-refractivity contribution in [3.8, 4) is 0 Å². The number of carbonyl (C=O) groups excluding carboxylic acids is 1. The van der Waals surface area contributed by atoms with Crippen molar-refractivity contribution in [2.24, 2.45) is 0 Å². The molecule has 0 saturated carbocycles. The van der Waals surface area contributed by atoms with Crippen LogP contribution in [0, 0.1) is 0 Å². The van der Waals surface area contributed by atoms with E-state index in [1.807, 2.05) is 48.7 Å². The van der Waals surface area contributed by atoms with Crippen LogP contribution in [0.2, 0.25) is 0 Å². The van der Waals surface area contributed by atoms with Gasteiger partial charge in [-0.1, -0.05) is 30.3 Å². The molecule has 0 atom stereocenters. The van der Waals surface area contributed by atoms with E-state index in [0.717, 1.165) is 45.9 Å². The van der Waals surface area contributed by atoms with Gasteiger partial charge in [-0.3, -0.25) is 9.78 Å². The Hall–Kier alpha value is -3.47. The van der Waals surface area contributed by atoms with Gasteiger partial charge in [0.15, 0.2) is 5.82 Å².